The van der Waals surface area contributed by atoms with Gasteiger partial charge >= 0.3 is 0 Å². The maximum absolute atomic E-state index is 2.83. The highest BCUT2D eigenvalue weighted by Crippen LogP contribution is 2.32. The average molecular weight is 194 g/mol. The Morgan fingerprint density at radius 2 is 1.57 bits per heavy atom. The lowest BCUT2D eigenvalue weighted by Gasteiger charge is -2.52. The standard InChI is InChI=1S/C12H22N2/c1-4-9-14-11(5-1)7-10-13-8-3-2-6-12(13)14/h11-12H,1-10H2. The smallest absolute Gasteiger partial charge is 0.0624 e. The van der Waals surface area contributed by atoms with Crippen molar-refractivity contribution in [3.8, 4) is 0 Å². The van der Waals surface area contributed by atoms with Gasteiger partial charge < -0.3 is 0 Å². The molecule has 3 fully saturated rings. The summed E-state index contributed by atoms with van der Waals surface area (Å²) in [6, 6.07) is 0.947. The van der Waals surface area contributed by atoms with Gasteiger partial charge in [0, 0.05) is 12.6 Å². The van der Waals surface area contributed by atoms with Crippen LogP contribution in [0.15, 0.2) is 0 Å². The first-order valence-electron chi connectivity index (χ1n) is 6.45. The van der Waals surface area contributed by atoms with Gasteiger partial charge in [-0.3, -0.25) is 9.80 Å². The molecular weight excluding hydrogens is 172 g/mol. The zero-order valence-corrected chi connectivity index (χ0v) is 9.12. The second-order valence-electron chi connectivity index (χ2n) is 5.19. The summed E-state index contributed by atoms with van der Waals surface area (Å²) < 4.78 is 0. The monoisotopic (exact) mass is 194 g/mol. The number of piperidine rings is 2. The summed E-state index contributed by atoms with van der Waals surface area (Å²) in [7, 11) is 0. The van der Waals surface area contributed by atoms with Gasteiger partial charge in [0.1, 0.15) is 0 Å². The number of hydrogen-bond donors (Lipinski definition) is 0. The molecule has 3 aliphatic heterocycles. The topological polar surface area (TPSA) is 6.48 Å². The molecule has 3 saturated heterocycles. The molecule has 0 bridgehead atoms. The van der Waals surface area contributed by atoms with Crippen LogP contribution in [0.5, 0.6) is 0 Å². The minimum atomic E-state index is 0.836. The highest BCUT2D eigenvalue weighted by atomic mass is 15.4. The van der Waals surface area contributed by atoms with Gasteiger partial charge in [0.05, 0.1) is 6.17 Å². The van der Waals surface area contributed by atoms with Gasteiger partial charge in [-0.15, -0.1) is 0 Å². The van der Waals surface area contributed by atoms with Crippen molar-refractivity contribution in [2.45, 2.75) is 57.2 Å². The molecule has 0 amide bonds. The molecule has 0 aromatic rings. The Morgan fingerprint density at radius 3 is 2.57 bits per heavy atom. The van der Waals surface area contributed by atoms with Gasteiger partial charge in [0.2, 0.25) is 0 Å². The Hall–Kier alpha value is -0.0800. The summed E-state index contributed by atoms with van der Waals surface area (Å²) in [5, 5.41) is 0. The second kappa shape index (κ2) is 3.82. The lowest BCUT2D eigenvalue weighted by Crippen LogP contribution is -2.60. The van der Waals surface area contributed by atoms with Crippen molar-refractivity contribution >= 4 is 0 Å². The third-order valence-electron chi connectivity index (χ3n) is 4.38. The first-order chi connectivity index (χ1) is 6.95. The largest absolute Gasteiger partial charge is 0.288 e. The zero-order chi connectivity index (χ0) is 9.38. The highest BCUT2D eigenvalue weighted by Gasteiger charge is 2.37. The van der Waals surface area contributed by atoms with Gasteiger partial charge in [-0.2, -0.15) is 0 Å². The summed E-state index contributed by atoms with van der Waals surface area (Å²) in [6.07, 6.45) is 11.0. The lowest BCUT2D eigenvalue weighted by molar-refractivity contribution is -0.0675. The zero-order valence-electron chi connectivity index (χ0n) is 9.12. The fourth-order valence-corrected chi connectivity index (χ4v) is 3.65. The summed E-state index contributed by atoms with van der Waals surface area (Å²) in [5.74, 6) is 0. The van der Waals surface area contributed by atoms with Crippen LogP contribution in [-0.4, -0.2) is 41.6 Å². The molecule has 14 heavy (non-hydrogen) atoms. The second-order valence-corrected chi connectivity index (χ2v) is 5.19. The molecule has 3 rings (SSSR count). The van der Waals surface area contributed by atoms with Crippen LogP contribution in [0.4, 0.5) is 0 Å². The van der Waals surface area contributed by atoms with E-state index >= 15 is 0 Å². The molecule has 0 aromatic carbocycles. The number of nitrogens with zero attached hydrogens (tertiary/aromatic N) is 2. The molecule has 0 aromatic heterocycles. The Balaban J connectivity index is 1.74. The van der Waals surface area contributed by atoms with Crippen LogP contribution in [0.2, 0.25) is 0 Å². The van der Waals surface area contributed by atoms with E-state index < -0.39 is 0 Å². The van der Waals surface area contributed by atoms with E-state index in [2.05, 4.69) is 9.80 Å². The minimum Gasteiger partial charge on any atom is -0.288 e. The fraction of sp³-hybridized carbons (Fsp3) is 1.00. The molecule has 0 saturated carbocycles. The summed E-state index contributed by atoms with van der Waals surface area (Å²) in [4.78, 5) is 5.57. The number of hydrogen-bond acceptors (Lipinski definition) is 2. The SMILES string of the molecule is C1CCN2C(C1)CCN1CCCCC12. The molecule has 0 aliphatic carbocycles. The molecule has 2 heteroatoms. The van der Waals surface area contributed by atoms with Crippen LogP contribution >= 0.6 is 0 Å². The van der Waals surface area contributed by atoms with E-state index in [1.807, 2.05) is 0 Å². The van der Waals surface area contributed by atoms with Crippen LogP contribution in [0.3, 0.4) is 0 Å². The molecule has 3 aliphatic rings. The quantitative estimate of drug-likeness (QED) is 0.582. The van der Waals surface area contributed by atoms with Crippen LogP contribution < -0.4 is 0 Å². The van der Waals surface area contributed by atoms with Crippen molar-refractivity contribution < 1.29 is 0 Å². The van der Waals surface area contributed by atoms with Gasteiger partial charge in [-0.1, -0.05) is 6.42 Å². The normalized spacial score (nSPS) is 40.3. The predicted octanol–water partition coefficient (Wildman–Crippen LogP) is 2.06. The first-order valence-corrected chi connectivity index (χ1v) is 6.45. The van der Waals surface area contributed by atoms with E-state index in [1.165, 1.54) is 64.6 Å². The summed E-state index contributed by atoms with van der Waals surface area (Å²) in [5.41, 5.74) is 0. The van der Waals surface area contributed by atoms with Gasteiger partial charge in [-0.25, -0.2) is 0 Å². The molecule has 80 valence electrons. The molecule has 2 nitrogen and oxygen atoms in total. The molecule has 2 atom stereocenters. The minimum absolute atomic E-state index is 0.836. The van der Waals surface area contributed by atoms with Gasteiger partial charge in [-0.05, 0) is 51.6 Å². The maximum Gasteiger partial charge on any atom is 0.0624 e. The Kier molecular flexibility index (Phi) is 2.50. The summed E-state index contributed by atoms with van der Waals surface area (Å²) >= 11 is 0. The van der Waals surface area contributed by atoms with Crippen molar-refractivity contribution in [1.29, 1.82) is 0 Å². The number of rotatable bonds is 0. The van der Waals surface area contributed by atoms with Crippen LogP contribution in [0.1, 0.15) is 44.9 Å². The number of fused-ring (bicyclic) bond motifs is 3. The third-order valence-corrected chi connectivity index (χ3v) is 4.38. The van der Waals surface area contributed by atoms with Crippen LogP contribution in [-0.2, 0) is 0 Å². The third kappa shape index (κ3) is 1.49. The Labute approximate surface area is 87.3 Å². The van der Waals surface area contributed by atoms with E-state index in [-0.39, 0.29) is 0 Å². The van der Waals surface area contributed by atoms with Crippen LogP contribution in [0.25, 0.3) is 0 Å². The van der Waals surface area contributed by atoms with Gasteiger partial charge in [0.25, 0.3) is 0 Å². The first kappa shape index (κ1) is 9.17. The molecule has 0 N–H and O–H groups in total. The van der Waals surface area contributed by atoms with Crippen molar-refractivity contribution in [2.75, 3.05) is 19.6 Å². The maximum atomic E-state index is 2.83. The van der Waals surface area contributed by atoms with E-state index in [0.29, 0.717) is 0 Å². The lowest BCUT2D eigenvalue weighted by atomic mass is 9.92. The van der Waals surface area contributed by atoms with E-state index in [9.17, 15) is 0 Å². The fourth-order valence-electron chi connectivity index (χ4n) is 3.65. The average Bonchev–Trinajstić information content (AvgIpc) is 2.29. The van der Waals surface area contributed by atoms with E-state index in [4.69, 9.17) is 0 Å². The van der Waals surface area contributed by atoms with Gasteiger partial charge in [0.15, 0.2) is 0 Å². The van der Waals surface area contributed by atoms with Crippen molar-refractivity contribution in [2.24, 2.45) is 0 Å². The molecule has 0 spiro atoms. The van der Waals surface area contributed by atoms with E-state index in [0.717, 1.165) is 12.2 Å². The molecule has 3 heterocycles. The van der Waals surface area contributed by atoms with E-state index in [1.54, 1.807) is 0 Å². The Bertz CT molecular complexity index is 182. The summed E-state index contributed by atoms with van der Waals surface area (Å²) in [6.45, 7) is 4.13. The molecule has 0 radical (unpaired) electrons. The predicted molar refractivity (Wildman–Crippen MR) is 58.2 cm³/mol. The van der Waals surface area contributed by atoms with Crippen LogP contribution in [0, 0.1) is 0 Å². The highest BCUT2D eigenvalue weighted by molar-refractivity contribution is 4.90. The molecular formula is C12H22N2. The molecule has 2 unspecified atom stereocenters. The van der Waals surface area contributed by atoms with Crippen molar-refractivity contribution in [1.82, 2.24) is 9.80 Å². The Morgan fingerprint density at radius 1 is 0.714 bits per heavy atom. The van der Waals surface area contributed by atoms with Crippen molar-refractivity contribution in [3.63, 3.8) is 0 Å². The van der Waals surface area contributed by atoms with Crippen molar-refractivity contribution in [3.05, 3.63) is 0 Å².